The Bertz CT molecular complexity index is 1520. The minimum absolute atomic E-state index is 0.0681. The molecule has 38 heavy (non-hydrogen) atoms. The van der Waals surface area contributed by atoms with E-state index in [1.807, 2.05) is 61.5 Å². The summed E-state index contributed by atoms with van der Waals surface area (Å²) in [6.45, 7) is 1.98. The van der Waals surface area contributed by atoms with E-state index in [0.29, 0.717) is 16.1 Å². The smallest absolute Gasteiger partial charge is 0.193 e. The molecule has 5 aromatic carbocycles. The zero-order chi connectivity index (χ0) is 26.6. The van der Waals surface area contributed by atoms with Gasteiger partial charge in [-0.3, -0.25) is 4.79 Å². The van der Waals surface area contributed by atoms with E-state index in [2.05, 4.69) is 0 Å². The van der Waals surface area contributed by atoms with Crippen molar-refractivity contribution < 1.29 is 13.6 Å². The first-order valence-electron chi connectivity index (χ1n) is 11.8. The Morgan fingerprint density at radius 1 is 0.658 bits per heavy atom. The van der Waals surface area contributed by atoms with Crippen molar-refractivity contribution in [1.82, 2.24) is 0 Å². The molecule has 0 fully saturated rings. The fraction of sp³-hybridized carbons (Fsp3) is 0.0312. The summed E-state index contributed by atoms with van der Waals surface area (Å²) in [6, 6.07) is 33.8. The van der Waals surface area contributed by atoms with Crippen molar-refractivity contribution in [3.8, 4) is 0 Å². The van der Waals surface area contributed by atoms with Gasteiger partial charge in [0.05, 0.1) is 15.9 Å². The van der Waals surface area contributed by atoms with Gasteiger partial charge in [0.2, 0.25) is 0 Å². The maximum absolute atomic E-state index is 13.6. The summed E-state index contributed by atoms with van der Waals surface area (Å²) < 4.78 is 27.2. The van der Waals surface area contributed by atoms with Crippen LogP contribution < -0.4 is 0 Å². The second-order valence-electron chi connectivity index (χ2n) is 8.63. The topological polar surface area (TPSA) is 17.1 Å². The van der Waals surface area contributed by atoms with Gasteiger partial charge in [-0.05, 0) is 97.9 Å². The van der Waals surface area contributed by atoms with Gasteiger partial charge < -0.3 is 0 Å². The van der Waals surface area contributed by atoms with Crippen molar-refractivity contribution in [2.24, 2.45) is 0 Å². The summed E-state index contributed by atoms with van der Waals surface area (Å²) in [6.07, 6.45) is 0. The number of carbonyl (C=O) groups excluding carboxylic acids is 1. The van der Waals surface area contributed by atoms with Crippen LogP contribution in [0.3, 0.4) is 0 Å². The van der Waals surface area contributed by atoms with Crippen molar-refractivity contribution in [1.29, 1.82) is 0 Å². The maximum atomic E-state index is 13.6. The molecular weight excluding hydrogens is 538 g/mol. The number of carbonyl (C=O) groups is 1. The van der Waals surface area contributed by atoms with Crippen LogP contribution in [-0.4, -0.2) is 5.78 Å². The molecule has 0 amide bonds. The minimum Gasteiger partial charge on any atom is -0.289 e. The molecule has 1 nitrogen and oxygen atoms in total. The normalized spacial score (nSPS) is 11.1. The molecule has 0 aromatic heterocycles. The molecule has 0 aliphatic carbocycles. The van der Waals surface area contributed by atoms with Gasteiger partial charge in [-0.2, -0.15) is 0 Å². The molecule has 0 aliphatic rings. The average molecular weight is 560 g/mol. The third-order valence-corrected chi connectivity index (χ3v) is 9.63. The largest absolute Gasteiger partial charge is 0.289 e. The number of hydrogen-bond acceptors (Lipinski definition) is 2. The Hall–Kier alpha value is -3.38. The van der Waals surface area contributed by atoms with Crippen LogP contribution in [0, 0.1) is 18.6 Å². The van der Waals surface area contributed by atoms with Crippen molar-refractivity contribution in [2.45, 2.75) is 31.4 Å². The van der Waals surface area contributed by atoms with Crippen LogP contribution in [0.4, 0.5) is 8.78 Å². The van der Waals surface area contributed by atoms with Crippen molar-refractivity contribution in [3.05, 3.63) is 149 Å². The van der Waals surface area contributed by atoms with E-state index in [0.717, 1.165) is 30.0 Å². The van der Waals surface area contributed by atoms with E-state index in [9.17, 15) is 13.6 Å². The summed E-state index contributed by atoms with van der Waals surface area (Å²) in [5, 5.41) is 0.509. The molecule has 0 saturated heterocycles. The molecular formula is C32H22ClF2OS2+. The predicted molar refractivity (Wildman–Crippen MR) is 152 cm³/mol. The van der Waals surface area contributed by atoms with Gasteiger partial charge in [0.1, 0.15) is 11.6 Å². The minimum atomic E-state index is -0.525. The highest BCUT2D eigenvalue weighted by atomic mass is 35.5. The molecule has 5 rings (SSSR count). The fourth-order valence-corrected chi connectivity index (χ4v) is 7.07. The highest BCUT2D eigenvalue weighted by molar-refractivity contribution is 7.99. The third-order valence-electron chi connectivity index (χ3n) is 5.89. The molecule has 0 heterocycles. The molecule has 0 saturated carbocycles. The second kappa shape index (κ2) is 11.6. The van der Waals surface area contributed by atoms with Crippen molar-refractivity contribution in [3.63, 3.8) is 0 Å². The van der Waals surface area contributed by atoms with Gasteiger partial charge in [-0.15, -0.1) is 0 Å². The molecule has 0 radical (unpaired) electrons. The predicted octanol–water partition coefficient (Wildman–Crippen LogP) is 9.40. The molecule has 5 aromatic rings. The van der Waals surface area contributed by atoms with Crippen molar-refractivity contribution >= 4 is 40.0 Å². The lowest BCUT2D eigenvalue weighted by molar-refractivity contribution is 0.103. The first-order chi connectivity index (χ1) is 18.4. The third kappa shape index (κ3) is 6.02. The van der Waals surface area contributed by atoms with Crippen LogP contribution in [0.25, 0.3) is 0 Å². The standard InChI is InChI=1S/C32H22ClF2OS2/c1-21-2-4-22(5-3-21)32(36)23-6-19-31(30(33)20-23)37-26-11-17-29(18-12-26)38(27-13-7-24(34)8-14-27)28-15-9-25(35)10-16-28/h2-20H,1H3/q+1. The summed E-state index contributed by atoms with van der Waals surface area (Å²) in [5.41, 5.74) is 2.26. The molecule has 188 valence electrons. The van der Waals surface area contributed by atoms with E-state index < -0.39 is 10.9 Å². The first-order valence-corrected chi connectivity index (χ1v) is 14.2. The Balaban J connectivity index is 1.38. The molecule has 0 spiro atoms. The monoisotopic (exact) mass is 559 g/mol. The molecule has 0 unspecified atom stereocenters. The first kappa shape index (κ1) is 26.2. The van der Waals surface area contributed by atoms with Crippen molar-refractivity contribution in [2.75, 3.05) is 0 Å². The Morgan fingerprint density at radius 3 is 1.63 bits per heavy atom. The number of ketones is 1. The molecule has 6 heteroatoms. The number of benzene rings is 5. The molecule has 0 atom stereocenters. The van der Waals surface area contributed by atoms with Gasteiger partial charge in [-0.1, -0.05) is 53.2 Å². The zero-order valence-corrected chi connectivity index (χ0v) is 22.7. The van der Waals surface area contributed by atoms with Crippen LogP contribution in [0.15, 0.2) is 140 Å². The Morgan fingerprint density at radius 2 is 1.13 bits per heavy atom. The van der Waals surface area contributed by atoms with Crippen LogP contribution in [-0.2, 0) is 10.9 Å². The number of rotatable bonds is 7. The Kier molecular flexibility index (Phi) is 7.98. The van der Waals surface area contributed by atoms with E-state index in [4.69, 9.17) is 11.6 Å². The van der Waals surface area contributed by atoms with Gasteiger partial charge in [-0.25, -0.2) is 8.78 Å². The number of halogens is 3. The summed E-state index contributed by atoms with van der Waals surface area (Å²) in [7, 11) is -0.525. The zero-order valence-electron chi connectivity index (χ0n) is 20.3. The Labute approximate surface area is 232 Å². The number of aryl methyl sites for hydroxylation is 1. The van der Waals surface area contributed by atoms with Crippen LogP contribution in [0.2, 0.25) is 5.02 Å². The molecule has 0 aliphatic heterocycles. The van der Waals surface area contributed by atoms with Crippen LogP contribution in [0.5, 0.6) is 0 Å². The lowest BCUT2D eigenvalue weighted by Gasteiger charge is -2.10. The van der Waals surface area contributed by atoms with E-state index in [-0.39, 0.29) is 17.4 Å². The molecule has 0 N–H and O–H groups in total. The summed E-state index contributed by atoms with van der Waals surface area (Å²) >= 11 is 8.08. The molecule has 0 bridgehead atoms. The summed E-state index contributed by atoms with van der Waals surface area (Å²) in [5.74, 6) is -0.667. The highest BCUT2D eigenvalue weighted by Gasteiger charge is 2.29. The lowest BCUT2D eigenvalue weighted by atomic mass is 10.0. The number of hydrogen-bond donors (Lipinski definition) is 0. The maximum Gasteiger partial charge on any atom is 0.193 e. The van der Waals surface area contributed by atoms with E-state index >= 15 is 0 Å². The quantitative estimate of drug-likeness (QED) is 0.146. The second-order valence-corrected chi connectivity index (χ2v) is 12.2. The van der Waals surface area contributed by atoms with Crippen LogP contribution in [0.1, 0.15) is 21.5 Å². The van der Waals surface area contributed by atoms with Crippen LogP contribution >= 0.6 is 23.4 Å². The SMILES string of the molecule is Cc1ccc(C(=O)c2ccc(Sc3ccc([S+](c4ccc(F)cc4)c4ccc(F)cc4)cc3)c(Cl)c2)cc1. The highest BCUT2D eigenvalue weighted by Crippen LogP contribution is 2.37. The van der Waals surface area contributed by atoms with Gasteiger partial charge in [0.25, 0.3) is 0 Å². The lowest BCUT2D eigenvalue weighted by Crippen LogP contribution is -2.05. The average Bonchev–Trinajstić information content (AvgIpc) is 2.93. The van der Waals surface area contributed by atoms with Gasteiger partial charge >= 0.3 is 0 Å². The van der Waals surface area contributed by atoms with Gasteiger partial charge in [0, 0.05) is 20.9 Å². The summed E-state index contributed by atoms with van der Waals surface area (Å²) in [4.78, 5) is 17.6. The van der Waals surface area contributed by atoms with E-state index in [1.165, 1.54) is 36.0 Å². The fourth-order valence-electron chi connectivity index (χ4n) is 3.92. The van der Waals surface area contributed by atoms with E-state index in [1.54, 1.807) is 36.4 Å². The van der Waals surface area contributed by atoms with Gasteiger partial charge in [0.15, 0.2) is 20.5 Å².